The second-order valence-electron chi connectivity index (χ2n) is 6.66. The summed E-state index contributed by atoms with van der Waals surface area (Å²) in [6.45, 7) is 4.68. The molecule has 29 heavy (non-hydrogen) atoms. The molecule has 3 aromatic rings. The number of nitrogens with zero attached hydrogens (tertiary/aromatic N) is 2. The van der Waals surface area contributed by atoms with Gasteiger partial charge in [-0.1, -0.05) is 66.7 Å². The molecule has 0 spiro atoms. The molecular formula is C22H26ClN3O2S. The van der Waals surface area contributed by atoms with E-state index in [0.717, 1.165) is 11.1 Å². The van der Waals surface area contributed by atoms with Crippen LogP contribution in [0.25, 0.3) is 0 Å². The Morgan fingerprint density at radius 3 is 2.21 bits per heavy atom. The summed E-state index contributed by atoms with van der Waals surface area (Å²) in [5, 5.41) is 7.06. The Labute approximate surface area is 178 Å². The van der Waals surface area contributed by atoms with E-state index in [2.05, 4.69) is 17.0 Å². The van der Waals surface area contributed by atoms with Gasteiger partial charge in [0.15, 0.2) is 5.03 Å². The zero-order valence-electron chi connectivity index (χ0n) is 16.4. The highest BCUT2D eigenvalue weighted by molar-refractivity contribution is 7.92. The van der Waals surface area contributed by atoms with Gasteiger partial charge in [0.05, 0.1) is 17.5 Å². The molecule has 5 nitrogen and oxygen atoms in total. The van der Waals surface area contributed by atoms with Crippen LogP contribution in [0.1, 0.15) is 16.8 Å². The molecule has 0 radical (unpaired) electrons. The highest BCUT2D eigenvalue weighted by atomic mass is 35.5. The van der Waals surface area contributed by atoms with Gasteiger partial charge in [0.2, 0.25) is 9.84 Å². The second kappa shape index (κ2) is 10.4. The van der Waals surface area contributed by atoms with Crippen LogP contribution >= 0.6 is 12.4 Å². The van der Waals surface area contributed by atoms with Gasteiger partial charge >= 0.3 is 0 Å². The molecule has 0 saturated heterocycles. The predicted octanol–water partition coefficient (Wildman–Crippen LogP) is 3.64. The lowest BCUT2D eigenvalue weighted by molar-refractivity contribution is 0.554. The molecule has 2 aromatic carbocycles. The lowest BCUT2D eigenvalue weighted by Gasteiger charge is -2.15. The molecule has 3 rings (SSSR count). The van der Waals surface area contributed by atoms with Gasteiger partial charge in [-0.2, -0.15) is 5.10 Å². The number of hydrogen-bond acceptors (Lipinski definition) is 4. The first-order valence-corrected chi connectivity index (χ1v) is 10.7. The van der Waals surface area contributed by atoms with Crippen LogP contribution in [0.15, 0.2) is 84.4 Å². The Kier molecular flexibility index (Phi) is 8.20. The summed E-state index contributed by atoms with van der Waals surface area (Å²) in [6, 6.07) is 21.0. The molecule has 0 bridgehead atoms. The van der Waals surface area contributed by atoms with E-state index in [1.807, 2.05) is 67.7 Å². The summed E-state index contributed by atoms with van der Waals surface area (Å²) in [4.78, 5) is 0. The van der Waals surface area contributed by atoms with Gasteiger partial charge in [-0.15, -0.1) is 19.0 Å². The van der Waals surface area contributed by atoms with Crippen molar-refractivity contribution in [3.8, 4) is 0 Å². The SMILES string of the molecule is C=CC(Cc1ccccc1)S(=O)(=O)c1cc(CNC)nn1Cc1ccccc1.Cl. The van der Waals surface area contributed by atoms with Crippen molar-refractivity contribution in [3.63, 3.8) is 0 Å². The van der Waals surface area contributed by atoms with Crippen LogP contribution in [0, 0.1) is 0 Å². The molecule has 0 aliphatic heterocycles. The maximum Gasteiger partial charge on any atom is 0.202 e. The van der Waals surface area contributed by atoms with Crippen molar-refractivity contribution in [2.45, 2.75) is 29.8 Å². The third-order valence-electron chi connectivity index (χ3n) is 4.56. The van der Waals surface area contributed by atoms with Gasteiger partial charge in [-0.05, 0) is 30.7 Å². The van der Waals surface area contributed by atoms with Crippen molar-refractivity contribution in [3.05, 3.63) is 96.2 Å². The van der Waals surface area contributed by atoms with E-state index < -0.39 is 15.1 Å². The number of rotatable bonds is 9. The Morgan fingerprint density at radius 1 is 1.07 bits per heavy atom. The number of sulfone groups is 1. The lowest BCUT2D eigenvalue weighted by atomic mass is 10.1. The minimum atomic E-state index is -3.64. The Hall–Kier alpha value is -2.41. The highest BCUT2D eigenvalue weighted by Crippen LogP contribution is 2.22. The molecule has 154 valence electrons. The fourth-order valence-electron chi connectivity index (χ4n) is 3.14. The van der Waals surface area contributed by atoms with E-state index in [1.54, 1.807) is 10.7 Å². The van der Waals surface area contributed by atoms with Gasteiger partial charge in [0.25, 0.3) is 0 Å². The summed E-state index contributed by atoms with van der Waals surface area (Å²) in [7, 11) is -1.83. The summed E-state index contributed by atoms with van der Waals surface area (Å²) < 4.78 is 28.5. The number of benzene rings is 2. The minimum Gasteiger partial charge on any atom is -0.314 e. The molecule has 1 N–H and O–H groups in total. The highest BCUT2D eigenvalue weighted by Gasteiger charge is 2.29. The van der Waals surface area contributed by atoms with E-state index >= 15 is 0 Å². The third-order valence-corrected chi connectivity index (χ3v) is 6.63. The maximum atomic E-state index is 13.4. The maximum absolute atomic E-state index is 13.4. The topological polar surface area (TPSA) is 64.0 Å². The minimum absolute atomic E-state index is 0. The predicted molar refractivity (Wildman–Crippen MR) is 119 cm³/mol. The van der Waals surface area contributed by atoms with Gasteiger partial charge in [0.1, 0.15) is 0 Å². The van der Waals surface area contributed by atoms with Crippen LogP contribution in [0.4, 0.5) is 0 Å². The van der Waals surface area contributed by atoms with Crippen LogP contribution < -0.4 is 5.32 Å². The van der Waals surface area contributed by atoms with Crippen molar-refractivity contribution in [2.75, 3.05) is 7.05 Å². The van der Waals surface area contributed by atoms with Crippen molar-refractivity contribution in [1.29, 1.82) is 0 Å². The van der Waals surface area contributed by atoms with Crippen molar-refractivity contribution >= 4 is 22.2 Å². The quantitative estimate of drug-likeness (QED) is 0.525. The largest absolute Gasteiger partial charge is 0.314 e. The van der Waals surface area contributed by atoms with Crippen LogP contribution in [0.5, 0.6) is 0 Å². The average molecular weight is 432 g/mol. The van der Waals surface area contributed by atoms with Crippen molar-refractivity contribution < 1.29 is 8.42 Å². The lowest BCUT2D eigenvalue weighted by Crippen LogP contribution is -2.24. The molecule has 1 atom stereocenters. The molecule has 0 amide bonds. The van der Waals surface area contributed by atoms with E-state index in [1.165, 1.54) is 6.08 Å². The standard InChI is InChI=1S/C22H25N3O2S.ClH/c1-3-21(14-18-10-6-4-7-11-18)28(26,27)22-15-20(16-23-2)24-25(22)17-19-12-8-5-9-13-19;/h3-13,15,21,23H,1,14,16-17H2,2H3;1H. The zero-order chi connectivity index (χ0) is 20.0. The van der Waals surface area contributed by atoms with E-state index in [9.17, 15) is 8.42 Å². The van der Waals surface area contributed by atoms with Crippen LogP contribution in [-0.4, -0.2) is 30.5 Å². The van der Waals surface area contributed by atoms with E-state index in [4.69, 9.17) is 0 Å². The molecule has 1 heterocycles. The number of hydrogen-bond donors (Lipinski definition) is 1. The summed E-state index contributed by atoms with van der Waals surface area (Å²) in [5.74, 6) is 0. The van der Waals surface area contributed by atoms with Crippen LogP contribution in [-0.2, 0) is 29.3 Å². The zero-order valence-corrected chi connectivity index (χ0v) is 18.0. The smallest absolute Gasteiger partial charge is 0.202 e. The fraction of sp³-hybridized carbons (Fsp3) is 0.227. The number of nitrogens with one attached hydrogen (secondary N) is 1. The van der Waals surface area contributed by atoms with Crippen molar-refractivity contribution in [1.82, 2.24) is 15.1 Å². The third kappa shape index (κ3) is 5.56. The molecule has 0 aliphatic rings. The first kappa shape index (κ1) is 22.9. The van der Waals surface area contributed by atoms with Gasteiger partial charge < -0.3 is 5.32 Å². The average Bonchev–Trinajstić information content (AvgIpc) is 3.11. The Morgan fingerprint density at radius 2 is 1.66 bits per heavy atom. The molecule has 7 heteroatoms. The van der Waals surface area contributed by atoms with Gasteiger partial charge in [-0.3, -0.25) is 0 Å². The van der Waals surface area contributed by atoms with E-state index in [0.29, 0.717) is 25.2 Å². The molecule has 1 aromatic heterocycles. The van der Waals surface area contributed by atoms with E-state index in [-0.39, 0.29) is 17.4 Å². The molecule has 1 unspecified atom stereocenters. The first-order chi connectivity index (χ1) is 13.5. The molecule has 0 fully saturated rings. The Balaban J connectivity index is 0.00000300. The second-order valence-corrected chi connectivity index (χ2v) is 8.77. The van der Waals surface area contributed by atoms with Gasteiger partial charge in [0, 0.05) is 6.54 Å². The molecule has 0 aliphatic carbocycles. The fourth-order valence-corrected chi connectivity index (χ4v) is 4.81. The first-order valence-electron chi connectivity index (χ1n) is 9.20. The van der Waals surface area contributed by atoms with Crippen molar-refractivity contribution in [2.24, 2.45) is 0 Å². The monoisotopic (exact) mass is 431 g/mol. The summed E-state index contributed by atoms with van der Waals surface area (Å²) >= 11 is 0. The van der Waals surface area contributed by atoms with Crippen LogP contribution in [0.2, 0.25) is 0 Å². The normalized spacial score (nSPS) is 12.2. The van der Waals surface area contributed by atoms with Crippen LogP contribution in [0.3, 0.4) is 0 Å². The molecular weight excluding hydrogens is 406 g/mol. The number of aromatic nitrogens is 2. The summed E-state index contributed by atoms with van der Waals surface area (Å²) in [6.07, 6.45) is 1.89. The summed E-state index contributed by atoms with van der Waals surface area (Å²) in [5.41, 5.74) is 2.65. The van der Waals surface area contributed by atoms with Gasteiger partial charge in [-0.25, -0.2) is 13.1 Å². The molecule has 0 saturated carbocycles. The Bertz CT molecular complexity index is 1020. The number of halogens is 1.